The van der Waals surface area contributed by atoms with Crippen molar-refractivity contribution in [2.75, 3.05) is 33.0 Å². The average Bonchev–Trinajstić information content (AvgIpc) is 3.52. The summed E-state index contributed by atoms with van der Waals surface area (Å²) >= 11 is 0. The predicted molar refractivity (Wildman–Crippen MR) is 259 cm³/mol. The molecule has 0 bridgehead atoms. The second kappa shape index (κ2) is 31.4. The summed E-state index contributed by atoms with van der Waals surface area (Å²) in [5, 5.41) is 185. The van der Waals surface area contributed by atoms with Crippen LogP contribution in [0.3, 0.4) is 0 Å². The Hall–Kier alpha value is -4.49. The highest BCUT2D eigenvalue weighted by Crippen LogP contribution is 2.33. The van der Waals surface area contributed by atoms with Crippen LogP contribution in [0.2, 0.25) is 0 Å². The molecular formula is C46H77N5O30. The summed E-state index contributed by atoms with van der Waals surface area (Å²) in [7, 11) is 0. The molecular weight excluding hydrogens is 1100 g/mol. The SMILES string of the molecule is CC(=O)N/C(=C(\O)C(CCO)OC1OC(CO)C(O)C(O)C1NC(C)=O)C(O)OC1C(CO)OC(OC(CCO)/C(O)=C(/NC(C)=O)C(O)OC2C(COC3OC(C)C(O)C(O)C3O)OC(O)C(NC(C)=O)C2O)C(NC(C)=O)C1O. The quantitative estimate of drug-likeness (QED) is 0.0282. The van der Waals surface area contributed by atoms with Gasteiger partial charge in [0.1, 0.15) is 126 Å². The van der Waals surface area contributed by atoms with Crippen molar-refractivity contribution in [1.29, 1.82) is 0 Å². The van der Waals surface area contributed by atoms with Crippen LogP contribution in [0.15, 0.2) is 22.9 Å². The summed E-state index contributed by atoms with van der Waals surface area (Å²) < 4.78 is 51.1. The molecule has 5 amide bonds. The molecule has 4 saturated heterocycles. The Morgan fingerprint density at radius 2 is 0.889 bits per heavy atom. The number of rotatable bonds is 26. The van der Waals surface area contributed by atoms with Gasteiger partial charge in [0.25, 0.3) is 0 Å². The molecule has 4 heterocycles. The number of hydrogen-bond acceptors (Lipinski definition) is 30. The van der Waals surface area contributed by atoms with Crippen molar-refractivity contribution in [2.45, 2.75) is 202 Å². The molecule has 0 aromatic carbocycles. The fourth-order valence-corrected chi connectivity index (χ4v) is 9.06. The number of ether oxygens (including phenoxy) is 9. The molecule has 0 spiro atoms. The summed E-state index contributed by atoms with van der Waals surface area (Å²) in [6.45, 7) is 1.68. The van der Waals surface area contributed by atoms with Crippen molar-refractivity contribution >= 4 is 29.5 Å². The third kappa shape index (κ3) is 18.0. The number of amides is 5. The number of aliphatic hydroxyl groups excluding tert-OH is 16. The molecule has 35 heteroatoms. The lowest BCUT2D eigenvalue weighted by atomic mass is 9.96. The third-order valence-electron chi connectivity index (χ3n) is 13.0. The maximum atomic E-state index is 12.7. The van der Waals surface area contributed by atoms with Gasteiger partial charge in [-0.05, 0) is 6.92 Å². The minimum atomic E-state index is -2.59. The van der Waals surface area contributed by atoms with Gasteiger partial charge in [-0.3, -0.25) is 24.0 Å². The molecule has 21 N–H and O–H groups in total. The van der Waals surface area contributed by atoms with Gasteiger partial charge in [0.05, 0.1) is 25.9 Å². The standard InChI is InChI=1S/C46H77N5O30/c1-14-30(61)37(68)38(69)46(74-14)73-13-24-40(35(66)27(41(70)75-24)49-17(4)58)81-43(72)26(48-16(3)57)32(63)21(8-10-53)77-45-29(51-19(6)60)36(67)39(23(12-55)79-45)80-42(71)25(47-15(2)56)31(62)20(7-9-52)76-44-28(50-18(5)59)34(65)33(64)22(11-54)78-44/h14,20-24,27-30,33-46,52-55,61-72H,7-13H2,1-6H3,(H,47,56)(H,48,57)(H,49,58)(H,50,59)(H,51,60)/b31-25-,32-26-. The molecule has 0 aromatic rings. The summed E-state index contributed by atoms with van der Waals surface area (Å²) in [6.07, 6.45) is -40.9. The van der Waals surface area contributed by atoms with E-state index in [0.29, 0.717) is 0 Å². The molecule has 24 unspecified atom stereocenters. The van der Waals surface area contributed by atoms with E-state index in [1.807, 2.05) is 0 Å². The van der Waals surface area contributed by atoms with Gasteiger partial charge >= 0.3 is 0 Å². The van der Waals surface area contributed by atoms with Crippen molar-refractivity contribution in [3.63, 3.8) is 0 Å². The fraction of sp³-hybridized carbons (Fsp3) is 0.804. The van der Waals surface area contributed by atoms with E-state index < -0.39 is 246 Å². The number of nitrogens with one attached hydrogen (secondary N) is 5. The van der Waals surface area contributed by atoms with E-state index >= 15 is 0 Å². The fourth-order valence-electron chi connectivity index (χ4n) is 9.06. The van der Waals surface area contributed by atoms with Gasteiger partial charge in [0.2, 0.25) is 29.5 Å². The molecule has 81 heavy (non-hydrogen) atoms. The van der Waals surface area contributed by atoms with E-state index in [0.717, 1.165) is 34.6 Å². The van der Waals surface area contributed by atoms with Gasteiger partial charge < -0.3 is 151 Å². The van der Waals surface area contributed by atoms with E-state index in [1.165, 1.54) is 6.92 Å². The van der Waals surface area contributed by atoms with Crippen LogP contribution in [0, 0.1) is 0 Å². The second-order valence-corrected chi connectivity index (χ2v) is 19.3. The maximum absolute atomic E-state index is 12.7. The summed E-state index contributed by atoms with van der Waals surface area (Å²) in [6, 6.07) is -5.16. The Morgan fingerprint density at radius 3 is 1.32 bits per heavy atom. The molecule has 4 rings (SSSR count). The third-order valence-corrected chi connectivity index (χ3v) is 13.0. The normalized spacial score (nSPS) is 36.6. The van der Waals surface area contributed by atoms with Gasteiger partial charge in [0.15, 0.2) is 37.7 Å². The van der Waals surface area contributed by atoms with Crippen LogP contribution >= 0.6 is 0 Å². The molecule has 4 aliphatic heterocycles. The largest absolute Gasteiger partial charge is 0.507 e. The minimum absolute atomic E-state index is 0.589. The Balaban J connectivity index is 1.69. The molecule has 0 aliphatic carbocycles. The molecule has 466 valence electrons. The summed E-state index contributed by atoms with van der Waals surface area (Å²) in [4.78, 5) is 62.0. The van der Waals surface area contributed by atoms with E-state index in [-0.39, 0.29) is 0 Å². The highest BCUT2D eigenvalue weighted by Gasteiger charge is 2.52. The van der Waals surface area contributed by atoms with Crippen LogP contribution in [0.5, 0.6) is 0 Å². The van der Waals surface area contributed by atoms with Crippen LogP contribution < -0.4 is 26.6 Å². The number of hydrogen-bond donors (Lipinski definition) is 21. The topological polar surface area (TPSA) is 552 Å². The smallest absolute Gasteiger partial charge is 0.221 e. The van der Waals surface area contributed by atoms with Crippen LogP contribution in [0.1, 0.15) is 54.4 Å². The Morgan fingerprint density at radius 1 is 0.469 bits per heavy atom. The minimum Gasteiger partial charge on any atom is -0.507 e. The molecule has 24 atom stereocenters. The highest BCUT2D eigenvalue weighted by atomic mass is 16.7. The van der Waals surface area contributed by atoms with Crippen molar-refractivity contribution in [1.82, 2.24) is 26.6 Å². The van der Waals surface area contributed by atoms with Crippen molar-refractivity contribution in [2.24, 2.45) is 0 Å². The van der Waals surface area contributed by atoms with Crippen molar-refractivity contribution in [3.8, 4) is 0 Å². The average molecular weight is 1180 g/mol. The first-order valence-corrected chi connectivity index (χ1v) is 25.3. The van der Waals surface area contributed by atoms with Crippen LogP contribution in [0.25, 0.3) is 0 Å². The Labute approximate surface area is 461 Å². The zero-order chi connectivity index (χ0) is 60.9. The summed E-state index contributed by atoms with van der Waals surface area (Å²) in [5.74, 6) is -6.77. The highest BCUT2D eigenvalue weighted by molar-refractivity contribution is 5.76. The van der Waals surface area contributed by atoms with E-state index in [4.69, 9.17) is 42.6 Å². The first-order chi connectivity index (χ1) is 38.0. The van der Waals surface area contributed by atoms with Crippen LogP contribution in [-0.2, 0) is 66.6 Å². The molecule has 0 saturated carbocycles. The first kappa shape index (κ1) is 69.0. The maximum Gasteiger partial charge on any atom is 0.221 e. The number of carbonyl (C=O) groups is 5. The zero-order valence-electron chi connectivity index (χ0n) is 44.7. The molecule has 4 fully saturated rings. The number of aliphatic hydroxyl groups is 16. The van der Waals surface area contributed by atoms with Gasteiger partial charge in [0, 0.05) is 60.7 Å². The van der Waals surface area contributed by atoms with Crippen molar-refractivity contribution < 1.29 is 148 Å². The zero-order valence-corrected chi connectivity index (χ0v) is 44.7. The lowest BCUT2D eigenvalue weighted by Crippen LogP contribution is -2.66. The molecule has 4 aliphatic rings. The lowest BCUT2D eigenvalue weighted by Gasteiger charge is -2.45. The summed E-state index contributed by atoms with van der Waals surface area (Å²) in [5.41, 5.74) is -1.93. The van der Waals surface area contributed by atoms with E-state index in [2.05, 4.69) is 26.6 Å². The van der Waals surface area contributed by atoms with Gasteiger partial charge in [-0.25, -0.2) is 0 Å². The monoisotopic (exact) mass is 1180 g/mol. The van der Waals surface area contributed by atoms with E-state index in [1.54, 1.807) is 0 Å². The van der Waals surface area contributed by atoms with Gasteiger partial charge in [-0.1, -0.05) is 0 Å². The first-order valence-electron chi connectivity index (χ1n) is 25.3. The molecule has 35 nitrogen and oxygen atoms in total. The Kier molecular flexibility index (Phi) is 26.8. The van der Waals surface area contributed by atoms with Gasteiger partial charge in [-0.2, -0.15) is 0 Å². The molecule has 0 radical (unpaired) electrons. The lowest BCUT2D eigenvalue weighted by molar-refractivity contribution is -0.321. The Bertz CT molecular complexity index is 2150. The van der Waals surface area contributed by atoms with Crippen LogP contribution in [0.4, 0.5) is 0 Å². The second-order valence-electron chi connectivity index (χ2n) is 19.3. The predicted octanol–water partition coefficient (Wildman–Crippen LogP) is -10.3. The molecule has 0 aromatic heterocycles. The van der Waals surface area contributed by atoms with Crippen molar-refractivity contribution in [3.05, 3.63) is 22.9 Å². The number of carbonyl (C=O) groups excluding carboxylic acids is 5. The van der Waals surface area contributed by atoms with Gasteiger partial charge in [-0.15, -0.1) is 0 Å². The van der Waals surface area contributed by atoms with E-state index in [9.17, 15) is 106 Å². The van der Waals surface area contributed by atoms with Crippen LogP contribution in [-0.4, -0.2) is 292 Å².